The molecule has 144 valence electrons. The fourth-order valence-corrected chi connectivity index (χ4v) is 3.75. The molecule has 1 saturated heterocycles. The van der Waals surface area contributed by atoms with Gasteiger partial charge < -0.3 is 15.0 Å². The van der Waals surface area contributed by atoms with E-state index in [1.165, 1.54) is 12.1 Å². The number of likely N-dealkylation sites (tertiary alicyclic amines) is 1. The highest BCUT2D eigenvalue weighted by Gasteiger charge is 2.24. The molecule has 0 bridgehead atoms. The minimum Gasteiger partial charge on any atom is -0.488 e. The zero-order valence-corrected chi connectivity index (χ0v) is 15.9. The van der Waals surface area contributed by atoms with Crippen LogP contribution in [0, 0.1) is 0 Å². The Balaban J connectivity index is 1.76. The van der Waals surface area contributed by atoms with Gasteiger partial charge in [0.2, 0.25) is 15.9 Å². The van der Waals surface area contributed by atoms with Crippen LogP contribution < -0.4 is 15.2 Å². The monoisotopic (exact) mass is 389 g/mol. The van der Waals surface area contributed by atoms with Crippen LogP contribution in [0.25, 0.3) is 0 Å². The number of likely N-dealkylation sites (N-methyl/N-ethyl adjacent to an activating group) is 1. The molecule has 7 nitrogen and oxygen atoms in total. The molecule has 1 heterocycles. The molecule has 3 rings (SSSR count). The van der Waals surface area contributed by atoms with Gasteiger partial charge in [-0.15, -0.1) is 0 Å². The highest BCUT2D eigenvalue weighted by Crippen LogP contribution is 2.29. The van der Waals surface area contributed by atoms with Crippen LogP contribution in [0.3, 0.4) is 0 Å². The van der Waals surface area contributed by atoms with E-state index in [4.69, 9.17) is 9.88 Å². The summed E-state index contributed by atoms with van der Waals surface area (Å²) in [6.07, 6.45) is 0.919. The molecular formula is C19H23N3O4S. The van der Waals surface area contributed by atoms with Crippen molar-refractivity contribution in [2.24, 2.45) is 5.14 Å². The highest BCUT2D eigenvalue weighted by molar-refractivity contribution is 7.89. The number of ether oxygens (including phenoxy) is 1. The van der Waals surface area contributed by atoms with Crippen LogP contribution in [0.1, 0.15) is 12.0 Å². The van der Waals surface area contributed by atoms with Crippen LogP contribution >= 0.6 is 0 Å². The molecule has 1 aliphatic rings. The van der Waals surface area contributed by atoms with Gasteiger partial charge in [-0.2, -0.15) is 0 Å². The Labute approximate surface area is 159 Å². The molecule has 0 spiro atoms. The maximum atomic E-state index is 12.2. The van der Waals surface area contributed by atoms with Crippen molar-refractivity contribution in [1.29, 1.82) is 0 Å². The van der Waals surface area contributed by atoms with Gasteiger partial charge in [0.1, 0.15) is 16.7 Å². The second-order valence-corrected chi connectivity index (χ2v) is 8.24. The molecule has 1 atom stereocenters. The lowest BCUT2D eigenvalue weighted by Crippen LogP contribution is -2.23. The van der Waals surface area contributed by atoms with Crippen molar-refractivity contribution in [1.82, 2.24) is 4.90 Å². The molecule has 8 heteroatoms. The summed E-state index contributed by atoms with van der Waals surface area (Å²) in [4.78, 5) is 14.2. The maximum Gasteiger partial charge on any atom is 0.241 e. The van der Waals surface area contributed by atoms with Gasteiger partial charge in [0.15, 0.2) is 0 Å². The molecule has 2 aromatic rings. The van der Waals surface area contributed by atoms with E-state index in [9.17, 15) is 13.2 Å². The fourth-order valence-electron chi connectivity index (χ4n) is 3.06. The van der Waals surface area contributed by atoms with Crippen LogP contribution in [-0.2, 0) is 21.2 Å². The summed E-state index contributed by atoms with van der Waals surface area (Å²) in [6.45, 7) is 1.61. The van der Waals surface area contributed by atoms with Crippen LogP contribution in [0.2, 0.25) is 0 Å². The molecule has 0 radical (unpaired) electrons. The lowest BCUT2D eigenvalue weighted by molar-refractivity contribution is -0.115. The number of nitrogens with zero attached hydrogens (tertiary/aromatic N) is 1. The number of nitrogens with two attached hydrogens (primary N) is 1. The molecule has 1 fully saturated rings. The number of carbonyl (C=O) groups is 1. The fraction of sp³-hybridized carbons (Fsp3) is 0.316. The van der Waals surface area contributed by atoms with Crippen LogP contribution in [0.4, 0.5) is 5.69 Å². The topological polar surface area (TPSA) is 102 Å². The van der Waals surface area contributed by atoms with Crippen molar-refractivity contribution in [3.8, 4) is 5.75 Å². The smallest absolute Gasteiger partial charge is 0.241 e. The van der Waals surface area contributed by atoms with Crippen molar-refractivity contribution in [3.63, 3.8) is 0 Å². The van der Waals surface area contributed by atoms with Gasteiger partial charge in [-0.05, 0) is 37.2 Å². The molecule has 27 heavy (non-hydrogen) atoms. The number of rotatable bonds is 6. The Kier molecular flexibility index (Phi) is 5.79. The number of amides is 1. The third-order valence-electron chi connectivity index (χ3n) is 4.38. The number of benzene rings is 2. The summed E-state index contributed by atoms with van der Waals surface area (Å²) in [6, 6.07) is 13.8. The van der Waals surface area contributed by atoms with Crippen LogP contribution in [0.15, 0.2) is 53.4 Å². The van der Waals surface area contributed by atoms with E-state index < -0.39 is 10.0 Å². The second kappa shape index (κ2) is 8.08. The maximum absolute atomic E-state index is 12.2. The number of anilines is 1. The molecule has 2 aromatic carbocycles. The first-order valence-corrected chi connectivity index (χ1v) is 10.2. The Morgan fingerprint density at radius 2 is 2.00 bits per heavy atom. The highest BCUT2D eigenvalue weighted by atomic mass is 32.2. The van der Waals surface area contributed by atoms with Gasteiger partial charge in [-0.3, -0.25) is 4.79 Å². The number of sulfonamides is 1. The largest absolute Gasteiger partial charge is 0.488 e. The summed E-state index contributed by atoms with van der Waals surface area (Å²) in [5.74, 6) is -0.0356. The average Bonchev–Trinajstić information content (AvgIpc) is 3.01. The van der Waals surface area contributed by atoms with E-state index in [0.717, 1.165) is 25.1 Å². The summed E-state index contributed by atoms with van der Waals surface area (Å²) >= 11 is 0. The molecule has 1 aliphatic heterocycles. The second-order valence-electron chi connectivity index (χ2n) is 6.71. The van der Waals surface area contributed by atoms with Crippen molar-refractivity contribution >= 4 is 21.6 Å². The summed E-state index contributed by atoms with van der Waals surface area (Å²) in [7, 11) is -2.01. The number of carbonyl (C=O) groups excluding carboxylic acids is 1. The Hall–Kier alpha value is -2.42. The molecule has 3 N–H and O–H groups in total. The summed E-state index contributed by atoms with van der Waals surface area (Å²) in [5.41, 5.74) is 1.22. The number of primary sulfonamides is 1. The van der Waals surface area contributed by atoms with Gasteiger partial charge in [0, 0.05) is 18.8 Å². The van der Waals surface area contributed by atoms with Crippen molar-refractivity contribution in [2.45, 2.75) is 23.8 Å². The first kappa shape index (κ1) is 19.3. The van der Waals surface area contributed by atoms with Gasteiger partial charge in [0.05, 0.1) is 6.42 Å². The number of hydrogen-bond donors (Lipinski definition) is 2. The summed E-state index contributed by atoms with van der Waals surface area (Å²) in [5, 5.41) is 8.06. The quantitative estimate of drug-likeness (QED) is 0.781. The minimum atomic E-state index is -4.00. The molecule has 0 aromatic heterocycles. The third-order valence-corrected chi connectivity index (χ3v) is 5.32. The predicted octanol–water partition coefficient (Wildman–Crippen LogP) is 1.60. The summed E-state index contributed by atoms with van der Waals surface area (Å²) < 4.78 is 29.8. The lowest BCUT2D eigenvalue weighted by Gasteiger charge is -2.17. The first-order chi connectivity index (χ1) is 12.8. The SMILES string of the molecule is CN1CCC(Oc2ccc(NC(=O)Cc3ccccc3)cc2S(N)(=O)=O)C1. The Bertz CT molecular complexity index is 916. The lowest BCUT2D eigenvalue weighted by atomic mass is 10.1. The van der Waals surface area contributed by atoms with Crippen molar-refractivity contribution < 1.29 is 17.9 Å². The van der Waals surface area contributed by atoms with Crippen LogP contribution in [-0.4, -0.2) is 45.5 Å². The van der Waals surface area contributed by atoms with E-state index in [-0.39, 0.29) is 29.1 Å². The number of nitrogens with one attached hydrogen (secondary N) is 1. The normalized spacial score (nSPS) is 17.6. The molecular weight excluding hydrogens is 366 g/mol. The molecule has 1 unspecified atom stereocenters. The molecule has 0 aliphatic carbocycles. The predicted molar refractivity (Wildman–Crippen MR) is 103 cm³/mol. The first-order valence-electron chi connectivity index (χ1n) is 8.67. The van der Waals surface area contributed by atoms with Gasteiger partial charge in [-0.25, -0.2) is 13.6 Å². The number of hydrogen-bond acceptors (Lipinski definition) is 5. The van der Waals surface area contributed by atoms with E-state index in [0.29, 0.717) is 5.69 Å². The zero-order valence-electron chi connectivity index (χ0n) is 15.1. The minimum absolute atomic E-state index is 0.0889. The molecule has 0 saturated carbocycles. The zero-order chi connectivity index (χ0) is 19.4. The van der Waals surface area contributed by atoms with Gasteiger partial charge in [0.25, 0.3) is 0 Å². The third kappa shape index (κ3) is 5.29. The average molecular weight is 389 g/mol. The van der Waals surface area contributed by atoms with Gasteiger partial charge >= 0.3 is 0 Å². The van der Waals surface area contributed by atoms with Crippen molar-refractivity contribution in [3.05, 3.63) is 54.1 Å². The van der Waals surface area contributed by atoms with Gasteiger partial charge in [-0.1, -0.05) is 30.3 Å². The van der Waals surface area contributed by atoms with E-state index in [1.54, 1.807) is 6.07 Å². The Morgan fingerprint density at radius 3 is 2.63 bits per heavy atom. The van der Waals surface area contributed by atoms with Crippen LogP contribution in [0.5, 0.6) is 5.75 Å². The molecule has 1 amide bonds. The van der Waals surface area contributed by atoms with Crippen molar-refractivity contribution in [2.75, 3.05) is 25.5 Å². The standard InChI is InChI=1S/C19H23N3O4S/c1-22-10-9-16(13-22)26-17-8-7-15(12-18(17)27(20,24)25)21-19(23)11-14-5-3-2-4-6-14/h2-8,12,16H,9-11,13H2,1H3,(H,21,23)(H2,20,24,25). The van der Waals surface area contributed by atoms with E-state index in [1.807, 2.05) is 37.4 Å². The Morgan fingerprint density at radius 1 is 1.26 bits per heavy atom. The van der Waals surface area contributed by atoms with E-state index in [2.05, 4.69) is 10.2 Å². The van der Waals surface area contributed by atoms with E-state index >= 15 is 0 Å².